The minimum absolute atomic E-state index is 0. The van der Waals surface area contributed by atoms with Crippen molar-refractivity contribution < 1.29 is 4.74 Å². The van der Waals surface area contributed by atoms with Gasteiger partial charge in [-0.15, -0.1) is 24.0 Å². The van der Waals surface area contributed by atoms with Crippen LogP contribution in [0, 0.1) is 0 Å². The molecule has 0 saturated heterocycles. The van der Waals surface area contributed by atoms with Crippen LogP contribution in [0.3, 0.4) is 0 Å². The summed E-state index contributed by atoms with van der Waals surface area (Å²) in [5.41, 5.74) is 3.77. The number of aryl methyl sites for hydroxylation is 2. The van der Waals surface area contributed by atoms with E-state index in [0.717, 1.165) is 57.9 Å². The van der Waals surface area contributed by atoms with E-state index in [1.165, 1.54) is 17.0 Å². The van der Waals surface area contributed by atoms with E-state index in [4.69, 9.17) is 4.74 Å². The molecule has 0 bridgehead atoms. The second kappa shape index (κ2) is 13.5. The number of halogens is 1. The monoisotopic (exact) mass is 451 g/mol. The zero-order valence-electron chi connectivity index (χ0n) is 15.8. The minimum Gasteiger partial charge on any atom is -0.382 e. The van der Waals surface area contributed by atoms with Gasteiger partial charge in [0.2, 0.25) is 0 Å². The first-order valence-electron chi connectivity index (χ1n) is 8.73. The van der Waals surface area contributed by atoms with E-state index in [0.29, 0.717) is 0 Å². The van der Waals surface area contributed by atoms with Crippen LogP contribution in [0.4, 0.5) is 0 Å². The quantitative estimate of drug-likeness (QED) is 0.249. The normalized spacial score (nSPS) is 11.3. The lowest BCUT2D eigenvalue weighted by Gasteiger charge is -2.13. The van der Waals surface area contributed by atoms with Crippen LogP contribution in [0.1, 0.15) is 50.6 Å². The van der Waals surface area contributed by atoms with Crippen LogP contribution < -0.4 is 10.6 Å². The first-order chi connectivity index (χ1) is 11.2. The summed E-state index contributed by atoms with van der Waals surface area (Å²) in [4.78, 5) is 4.29. The van der Waals surface area contributed by atoms with E-state index in [9.17, 15) is 0 Å². The molecule has 1 rings (SSSR count). The highest BCUT2D eigenvalue weighted by Crippen LogP contribution is 2.15. The van der Waals surface area contributed by atoms with Crippen molar-refractivity contribution in [3.8, 4) is 0 Å². The molecule has 0 amide bonds. The Morgan fingerprint density at radius 2 is 1.92 bits per heavy atom. The zero-order chi connectivity index (χ0) is 17.1. The highest BCUT2D eigenvalue weighted by atomic mass is 127. The molecule has 7 heteroatoms. The summed E-state index contributed by atoms with van der Waals surface area (Å²) in [6.07, 6.45) is 4.09. The van der Waals surface area contributed by atoms with Crippen molar-refractivity contribution in [2.75, 3.05) is 26.8 Å². The first kappa shape index (κ1) is 23.2. The average molecular weight is 451 g/mol. The number of unbranched alkanes of at least 4 members (excludes halogenated alkanes) is 1. The topological polar surface area (TPSA) is 63.5 Å². The number of aromatic nitrogens is 2. The average Bonchev–Trinajstić information content (AvgIpc) is 2.88. The maximum absolute atomic E-state index is 5.34. The Balaban J connectivity index is 0.00000529. The molecule has 0 unspecified atom stereocenters. The molecule has 0 aliphatic rings. The summed E-state index contributed by atoms with van der Waals surface area (Å²) >= 11 is 0. The van der Waals surface area contributed by atoms with Gasteiger partial charge in [0.15, 0.2) is 5.96 Å². The number of nitrogens with one attached hydrogen (secondary N) is 2. The van der Waals surface area contributed by atoms with Gasteiger partial charge < -0.3 is 15.4 Å². The third-order valence-electron chi connectivity index (χ3n) is 3.90. The molecule has 24 heavy (non-hydrogen) atoms. The molecule has 0 spiro atoms. The Morgan fingerprint density at radius 1 is 1.17 bits per heavy atom. The van der Waals surface area contributed by atoms with E-state index in [-0.39, 0.29) is 24.0 Å². The lowest BCUT2D eigenvalue weighted by molar-refractivity contribution is 0.143. The van der Waals surface area contributed by atoms with Crippen LogP contribution in [-0.4, -0.2) is 42.5 Å². The standard InChI is InChI=1S/C17H33N5O.HI/c1-6-15-14(16(7-2)22(5)21-15)13-20-17(18-4)19-11-9-10-12-23-8-3;/h6-13H2,1-5H3,(H2,18,19,20);1H. The summed E-state index contributed by atoms with van der Waals surface area (Å²) in [6.45, 7) is 9.64. The number of hydrogen-bond acceptors (Lipinski definition) is 3. The Bertz CT molecular complexity index is 488. The van der Waals surface area contributed by atoms with Gasteiger partial charge in [0.1, 0.15) is 0 Å². The van der Waals surface area contributed by atoms with Gasteiger partial charge in [0, 0.05) is 51.7 Å². The molecular weight excluding hydrogens is 417 g/mol. The molecule has 0 atom stereocenters. The molecule has 1 heterocycles. The van der Waals surface area contributed by atoms with Gasteiger partial charge >= 0.3 is 0 Å². The van der Waals surface area contributed by atoms with Crippen LogP contribution >= 0.6 is 24.0 Å². The predicted octanol–water partition coefficient (Wildman–Crippen LogP) is 2.64. The fourth-order valence-corrected chi connectivity index (χ4v) is 2.67. The van der Waals surface area contributed by atoms with Crippen molar-refractivity contribution in [1.82, 2.24) is 20.4 Å². The van der Waals surface area contributed by atoms with Crippen LogP contribution in [0.15, 0.2) is 4.99 Å². The first-order valence-corrected chi connectivity index (χ1v) is 8.73. The van der Waals surface area contributed by atoms with Gasteiger partial charge in [0.05, 0.1) is 5.69 Å². The van der Waals surface area contributed by atoms with Crippen molar-refractivity contribution in [1.29, 1.82) is 0 Å². The fourth-order valence-electron chi connectivity index (χ4n) is 2.67. The lowest BCUT2D eigenvalue weighted by Crippen LogP contribution is -2.37. The smallest absolute Gasteiger partial charge is 0.191 e. The predicted molar refractivity (Wildman–Crippen MR) is 111 cm³/mol. The molecule has 0 fully saturated rings. The van der Waals surface area contributed by atoms with Crippen LogP contribution in [0.5, 0.6) is 0 Å². The summed E-state index contributed by atoms with van der Waals surface area (Å²) in [7, 11) is 3.83. The molecule has 6 nitrogen and oxygen atoms in total. The summed E-state index contributed by atoms with van der Waals surface area (Å²) < 4.78 is 7.34. The zero-order valence-corrected chi connectivity index (χ0v) is 18.1. The van der Waals surface area contributed by atoms with Crippen molar-refractivity contribution in [2.24, 2.45) is 12.0 Å². The summed E-state index contributed by atoms with van der Waals surface area (Å²) in [5, 5.41) is 11.4. The van der Waals surface area contributed by atoms with Crippen LogP contribution in [-0.2, 0) is 31.2 Å². The molecule has 140 valence electrons. The summed E-state index contributed by atoms with van der Waals surface area (Å²) in [5.74, 6) is 0.842. The fraction of sp³-hybridized carbons (Fsp3) is 0.765. The van der Waals surface area contributed by atoms with Gasteiger partial charge in [-0.1, -0.05) is 13.8 Å². The van der Waals surface area contributed by atoms with E-state index in [2.05, 4.69) is 34.6 Å². The molecule has 0 aliphatic carbocycles. The number of guanidine groups is 1. The van der Waals surface area contributed by atoms with Gasteiger partial charge in [-0.3, -0.25) is 9.67 Å². The van der Waals surface area contributed by atoms with Crippen molar-refractivity contribution in [3.05, 3.63) is 17.0 Å². The number of ether oxygens (including phenoxy) is 1. The second-order valence-corrected chi connectivity index (χ2v) is 5.46. The third kappa shape index (κ3) is 7.38. The maximum Gasteiger partial charge on any atom is 0.191 e. The Hall–Kier alpha value is -0.830. The second-order valence-electron chi connectivity index (χ2n) is 5.46. The number of rotatable bonds is 10. The van der Waals surface area contributed by atoms with E-state index in [1.54, 1.807) is 7.05 Å². The van der Waals surface area contributed by atoms with Crippen LogP contribution in [0.2, 0.25) is 0 Å². The number of aliphatic imine (C=N–C) groups is 1. The highest BCUT2D eigenvalue weighted by molar-refractivity contribution is 14.0. The Morgan fingerprint density at radius 3 is 2.50 bits per heavy atom. The van der Waals surface area contributed by atoms with E-state index in [1.807, 2.05) is 18.7 Å². The molecule has 0 radical (unpaired) electrons. The molecule has 0 saturated carbocycles. The number of hydrogen-bond donors (Lipinski definition) is 2. The number of nitrogens with zero attached hydrogens (tertiary/aromatic N) is 3. The highest BCUT2D eigenvalue weighted by Gasteiger charge is 2.13. The Kier molecular flexibility index (Phi) is 13.0. The minimum atomic E-state index is 0. The molecule has 1 aromatic rings. The molecule has 0 aromatic carbocycles. The van der Waals surface area contributed by atoms with Gasteiger partial charge in [-0.2, -0.15) is 5.10 Å². The van der Waals surface area contributed by atoms with Gasteiger partial charge in [0.25, 0.3) is 0 Å². The van der Waals surface area contributed by atoms with Crippen molar-refractivity contribution in [2.45, 2.75) is 53.0 Å². The van der Waals surface area contributed by atoms with Crippen molar-refractivity contribution >= 4 is 29.9 Å². The molecule has 1 aromatic heterocycles. The maximum atomic E-state index is 5.34. The third-order valence-corrected chi connectivity index (χ3v) is 3.90. The SMILES string of the molecule is CCOCCCCNC(=NC)NCc1c(CC)nn(C)c1CC.I. The largest absolute Gasteiger partial charge is 0.382 e. The molecule has 2 N–H and O–H groups in total. The summed E-state index contributed by atoms with van der Waals surface area (Å²) in [6, 6.07) is 0. The lowest BCUT2D eigenvalue weighted by atomic mass is 10.1. The van der Waals surface area contributed by atoms with Crippen molar-refractivity contribution in [3.63, 3.8) is 0 Å². The van der Waals surface area contributed by atoms with E-state index < -0.39 is 0 Å². The Labute approximate surface area is 163 Å². The van der Waals surface area contributed by atoms with E-state index >= 15 is 0 Å². The van der Waals surface area contributed by atoms with Crippen LogP contribution in [0.25, 0.3) is 0 Å². The van der Waals surface area contributed by atoms with Gasteiger partial charge in [-0.25, -0.2) is 0 Å². The molecular formula is C17H34IN5O. The van der Waals surface area contributed by atoms with Gasteiger partial charge in [-0.05, 0) is 32.6 Å². The molecule has 0 aliphatic heterocycles.